The quantitative estimate of drug-likeness (QED) is 0.814. The molecule has 6 heteroatoms. The van der Waals surface area contributed by atoms with Crippen molar-refractivity contribution in [3.05, 3.63) is 23.8 Å². The maximum Gasteiger partial charge on any atom is 0.257 e. The summed E-state index contributed by atoms with van der Waals surface area (Å²) in [5, 5.41) is 28.3. The number of benzene rings is 1. The van der Waals surface area contributed by atoms with E-state index in [-0.39, 0.29) is 23.0 Å². The molecule has 1 aromatic rings. The van der Waals surface area contributed by atoms with Gasteiger partial charge in [-0.1, -0.05) is 0 Å². The Balaban J connectivity index is 2.13. The van der Waals surface area contributed by atoms with Crippen LogP contribution in [0.4, 0.5) is 0 Å². The van der Waals surface area contributed by atoms with Gasteiger partial charge in [0.1, 0.15) is 16.2 Å². The molecule has 0 aliphatic carbocycles. The number of piperidine rings is 1. The van der Waals surface area contributed by atoms with Gasteiger partial charge < -0.3 is 15.1 Å². The number of hydrogen-bond donors (Lipinski definition) is 2. The molecule has 1 aliphatic rings. The molecule has 1 aromatic carbocycles. The SMILES string of the molecule is CSC1(C#N)CCN(C(=O)c2cc(O)ccc2O)CC1. The third kappa shape index (κ3) is 2.68. The first-order valence-electron chi connectivity index (χ1n) is 6.29. The van der Waals surface area contributed by atoms with E-state index in [4.69, 9.17) is 0 Å². The van der Waals surface area contributed by atoms with Crippen LogP contribution in [0, 0.1) is 11.3 Å². The molecule has 0 unspecified atom stereocenters. The Bertz CT molecular complexity index is 560. The van der Waals surface area contributed by atoms with Crippen molar-refractivity contribution < 1.29 is 15.0 Å². The molecule has 0 radical (unpaired) electrons. The number of rotatable bonds is 2. The second-order valence-electron chi connectivity index (χ2n) is 4.80. The molecule has 2 N–H and O–H groups in total. The van der Waals surface area contributed by atoms with Gasteiger partial charge in [-0.15, -0.1) is 11.8 Å². The van der Waals surface area contributed by atoms with E-state index < -0.39 is 4.75 Å². The first-order chi connectivity index (χ1) is 9.51. The van der Waals surface area contributed by atoms with Crippen molar-refractivity contribution in [3.63, 3.8) is 0 Å². The number of phenolic OH excluding ortho intramolecular Hbond substituents is 2. The molecule has 1 saturated heterocycles. The number of carbonyl (C=O) groups excluding carboxylic acids is 1. The zero-order valence-corrected chi connectivity index (χ0v) is 12.0. The summed E-state index contributed by atoms with van der Waals surface area (Å²) in [6, 6.07) is 6.21. The summed E-state index contributed by atoms with van der Waals surface area (Å²) in [5.74, 6) is -0.514. The summed E-state index contributed by atoms with van der Waals surface area (Å²) in [5.41, 5.74) is 0.0959. The molecule has 106 valence electrons. The number of nitrogens with zero attached hydrogens (tertiary/aromatic N) is 2. The Hall–Kier alpha value is -1.87. The molecule has 0 atom stereocenters. The number of aromatic hydroxyl groups is 2. The van der Waals surface area contributed by atoms with Gasteiger partial charge in [0.05, 0.1) is 11.6 Å². The van der Waals surface area contributed by atoms with Crippen molar-refractivity contribution in [1.82, 2.24) is 4.90 Å². The van der Waals surface area contributed by atoms with Gasteiger partial charge in [-0.25, -0.2) is 0 Å². The van der Waals surface area contributed by atoms with Gasteiger partial charge in [0, 0.05) is 13.1 Å². The summed E-state index contributed by atoms with van der Waals surface area (Å²) >= 11 is 1.52. The predicted molar refractivity (Wildman–Crippen MR) is 76.8 cm³/mol. The summed E-state index contributed by atoms with van der Waals surface area (Å²) in [4.78, 5) is 13.9. The zero-order valence-electron chi connectivity index (χ0n) is 11.2. The van der Waals surface area contributed by atoms with Gasteiger partial charge in [-0.2, -0.15) is 5.26 Å². The number of amides is 1. The monoisotopic (exact) mass is 292 g/mol. The van der Waals surface area contributed by atoms with Crippen LogP contribution in [0.25, 0.3) is 0 Å². The highest BCUT2D eigenvalue weighted by molar-refractivity contribution is 8.00. The number of thioether (sulfide) groups is 1. The van der Waals surface area contributed by atoms with Gasteiger partial charge in [0.25, 0.3) is 5.91 Å². The summed E-state index contributed by atoms with van der Waals surface area (Å²) in [6.45, 7) is 0.949. The summed E-state index contributed by atoms with van der Waals surface area (Å²) in [7, 11) is 0. The van der Waals surface area contributed by atoms with Gasteiger partial charge in [-0.05, 0) is 37.3 Å². The third-order valence-electron chi connectivity index (χ3n) is 3.66. The lowest BCUT2D eigenvalue weighted by atomic mass is 9.96. The van der Waals surface area contributed by atoms with Crippen LogP contribution >= 0.6 is 11.8 Å². The van der Waals surface area contributed by atoms with Crippen molar-refractivity contribution in [2.75, 3.05) is 19.3 Å². The summed E-state index contributed by atoms with van der Waals surface area (Å²) in [6.07, 6.45) is 3.12. The van der Waals surface area contributed by atoms with E-state index in [1.165, 1.54) is 30.0 Å². The van der Waals surface area contributed by atoms with Crippen LogP contribution in [0.2, 0.25) is 0 Å². The fourth-order valence-electron chi connectivity index (χ4n) is 2.30. The lowest BCUT2D eigenvalue weighted by molar-refractivity contribution is 0.0713. The van der Waals surface area contributed by atoms with E-state index >= 15 is 0 Å². The number of phenols is 2. The van der Waals surface area contributed by atoms with Crippen molar-refractivity contribution in [2.45, 2.75) is 17.6 Å². The van der Waals surface area contributed by atoms with Crippen LogP contribution in [-0.2, 0) is 0 Å². The highest BCUT2D eigenvalue weighted by atomic mass is 32.2. The largest absolute Gasteiger partial charge is 0.508 e. The van der Waals surface area contributed by atoms with E-state index in [2.05, 4.69) is 6.07 Å². The van der Waals surface area contributed by atoms with Crippen molar-refractivity contribution in [2.24, 2.45) is 0 Å². The normalized spacial score (nSPS) is 17.5. The molecule has 20 heavy (non-hydrogen) atoms. The lowest BCUT2D eigenvalue weighted by Crippen LogP contribution is -2.44. The zero-order chi connectivity index (χ0) is 14.8. The molecule has 0 saturated carbocycles. The molecular weight excluding hydrogens is 276 g/mol. The second-order valence-corrected chi connectivity index (χ2v) is 5.99. The van der Waals surface area contributed by atoms with Crippen molar-refractivity contribution >= 4 is 17.7 Å². The topological polar surface area (TPSA) is 84.6 Å². The van der Waals surface area contributed by atoms with E-state index in [0.29, 0.717) is 25.9 Å². The Kier molecular flexibility index (Phi) is 4.09. The highest BCUT2D eigenvalue weighted by Crippen LogP contribution is 2.34. The van der Waals surface area contributed by atoms with Crippen LogP contribution < -0.4 is 0 Å². The Labute approximate surface area is 121 Å². The first-order valence-corrected chi connectivity index (χ1v) is 7.51. The van der Waals surface area contributed by atoms with E-state index in [1.54, 1.807) is 4.90 Å². The second kappa shape index (κ2) is 5.63. The van der Waals surface area contributed by atoms with Crippen LogP contribution in [0.15, 0.2) is 18.2 Å². The fourth-order valence-corrected chi connectivity index (χ4v) is 2.98. The Morgan fingerprint density at radius 2 is 2.05 bits per heavy atom. The lowest BCUT2D eigenvalue weighted by Gasteiger charge is -2.36. The predicted octanol–water partition coefficient (Wildman–Crippen LogP) is 1.96. The van der Waals surface area contributed by atoms with Crippen LogP contribution in [0.3, 0.4) is 0 Å². The molecule has 1 heterocycles. The molecule has 1 amide bonds. The number of likely N-dealkylation sites (tertiary alicyclic amines) is 1. The number of hydrogen-bond acceptors (Lipinski definition) is 5. The maximum absolute atomic E-state index is 12.3. The molecule has 2 rings (SSSR count). The number of nitriles is 1. The highest BCUT2D eigenvalue weighted by Gasteiger charge is 2.36. The van der Waals surface area contributed by atoms with Crippen LogP contribution in [0.1, 0.15) is 23.2 Å². The third-order valence-corrected chi connectivity index (χ3v) is 4.94. The van der Waals surface area contributed by atoms with Gasteiger partial charge in [0.15, 0.2) is 0 Å². The average Bonchev–Trinajstić information content (AvgIpc) is 2.49. The molecule has 1 aliphatic heterocycles. The smallest absolute Gasteiger partial charge is 0.257 e. The molecule has 5 nitrogen and oxygen atoms in total. The van der Waals surface area contributed by atoms with E-state index in [0.717, 1.165) is 0 Å². The fraction of sp³-hybridized carbons (Fsp3) is 0.429. The standard InChI is InChI=1S/C14H16N2O3S/c1-20-14(9-15)4-6-16(7-5-14)13(19)11-8-10(17)2-3-12(11)18/h2-3,8,17-18H,4-7H2,1H3. The van der Waals surface area contributed by atoms with Crippen LogP contribution in [0.5, 0.6) is 11.5 Å². The molecule has 0 aromatic heterocycles. The van der Waals surface area contributed by atoms with Crippen LogP contribution in [-0.4, -0.2) is 45.1 Å². The van der Waals surface area contributed by atoms with E-state index in [9.17, 15) is 20.3 Å². The van der Waals surface area contributed by atoms with Crippen molar-refractivity contribution in [1.29, 1.82) is 5.26 Å². The minimum Gasteiger partial charge on any atom is -0.508 e. The van der Waals surface area contributed by atoms with E-state index in [1.807, 2.05) is 6.26 Å². The van der Waals surface area contributed by atoms with Crippen molar-refractivity contribution in [3.8, 4) is 17.6 Å². The molecule has 1 fully saturated rings. The summed E-state index contributed by atoms with van der Waals surface area (Å²) < 4.78 is -0.419. The van der Waals surface area contributed by atoms with Gasteiger partial charge >= 0.3 is 0 Å². The number of carbonyl (C=O) groups is 1. The molecule has 0 bridgehead atoms. The van der Waals surface area contributed by atoms with Gasteiger partial charge in [0.2, 0.25) is 0 Å². The molecular formula is C14H16N2O3S. The Morgan fingerprint density at radius 1 is 1.40 bits per heavy atom. The maximum atomic E-state index is 12.3. The first kappa shape index (κ1) is 14.5. The van der Waals surface area contributed by atoms with Gasteiger partial charge in [-0.3, -0.25) is 4.79 Å². The molecule has 0 spiro atoms. The minimum atomic E-state index is -0.419. The Morgan fingerprint density at radius 3 is 2.60 bits per heavy atom. The average molecular weight is 292 g/mol. The minimum absolute atomic E-state index is 0.0568.